The Balaban J connectivity index is 0.000000321. The monoisotopic (exact) mass is 401 g/mol. The van der Waals surface area contributed by atoms with E-state index >= 15 is 0 Å². The Kier molecular flexibility index (Phi) is 7.27. The summed E-state index contributed by atoms with van der Waals surface area (Å²) in [6, 6.07) is 5.53. The first kappa shape index (κ1) is 21.8. The molecule has 0 unspecified atom stereocenters. The molecule has 1 aromatic heterocycles. The fourth-order valence-corrected chi connectivity index (χ4v) is 3.03. The van der Waals surface area contributed by atoms with Crippen molar-refractivity contribution < 1.29 is 24.7 Å². The Morgan fingerprint density at radius 1 is 1.24 bits per heavy atom. The molecule has 29 heavy (non-hydrogen) atoms. The molecule has 3 N–H and O–H groups in total. The van der Waals surface area contributed by atoms with Gasteiger partial charge in [-0.3, -0.25) is 15.0 Å². The lowest BCUT2D eigenvalue weighted by atomic mass is 9.98. The molecule has 0 bridgehead atoms. The summed E-state index contributed by atoms with van der Waals surface area (Å²) in [5.41, 5.74) is 3.46. The molecule has 1 aliphatic heterocycles. The molecular formula is C20H23N3O6. The molecule has 154 valence electrons. The molecule has 0 saturated heterocycles. The maximum absolute atomic E-state index is 10.9. The van der Waals surface area contributed by atoms with Crippen molar-refractivity contribution in [3.63, 3.8) is 0 Å². The number of carboxylic acids is 2. The van der Waals surface area contributed by atoms with Crippen molar-refractivity contribution in [2.45, 2.75) is 26.3 Å². The van der Waals surface area contributed by atoms with E-state index < -0.39 is 11.9 Å². The number of benzene rings is 1. The largest absolute Gasteiger partial charge is 0.478 e. The third-order valence-corrected chi connectivity index (χ3v) is 4.56. The molecular weight excluding hydrogens is 378 g/mol. The standard InChI is InChI=1S/C16H19N3O2.C4H4O4/c1-11(2)18-7-5-12(6-8-18)15-10-17-16-4-3-13(19(20)21)9-14(15)16;5-3(6)1-2-4(7)8/h3-5,9-11,17H,6-8H2,1-2H3;1-2H,(H,5,6)(H,7,8)/b;2-1-. The lowest BCUT2D eigenvalue weighted by Gasteiger charge is -2.29. The Hall–Kier alpha value is -3.46. The summed E-state index contributed by atoms with van der Waals surface area (Å²) >= 11 is 0. The summed E-state index contributed by atoms with van der Waals surface area (Å²) in [7, 11) is 0. The summed E-state index contributed by atoms with van der Waals surface area (Å²) in [6.45, 7) is 6.38. The Bertz CT molecular complexity index is 958. The second kappa shape index (κ2) is 9.65. The van der Waals surface area contributed by atoms with Gasteiger partial charge < -0.3 is 15.2 Å². The highest BCUT2D eigenvalue weighted by molar-refractivity contribution is 5.94. The van der Waals surface area contributed by atoms with Crippen LogP contribution in [-0.4, -0.2) is 56.1 Å². The number of nitro benzene ring substituents is 1. The topological polar surface area (TPSA) is 137 Å². The van der Waals surface area contributed by atoms with Gasteiger partial charge in [-0.25, -0.2) is 9.59 Å². The van der Waals surface area contributed by atoms with Crippen LogP contribution in [-0.2, 0) is 9.59 Å². The van der Waals surface area contributed by atoms with E-state index in [1.54, 1.807) is 18.2 Å². The molecule has 0 amide bonds. The number of carbonyl (C=O) groups is 2. The van der Waals surface area contributed by atoms with Crippen molar-refractivity contribution in [2.75, 3.05) is 13.1 Å². The number of nitrogens with zero attached hydrogens (tertiary/aromatic N) is 2. The highest BCUT2D eigenvalue weighted by Crippen LogP contribution is 2.31. The SMILES string of the molecule is CC(C)N1CC=C(c2c[nH]c3ccc([N+](=O)[O-])cc23)CC1.O=C(O)/C=C\C(=O)O. The first-order valence-electron chi connectivity index (χ1n) is 9.02. The Morgan fingerprint density at radius 3 is 2.38 bits per heavy atom. The third-order valence-electron chi connectivity index (χ3n) is 4.56. The van der Waals surface area contributed by atoms with Gasteiger partial charge in [0, 0.05) is 66.1 Å². The average Bonchev–Trinajstić information content (AvgIpc) is 3.10. The summed E-state index contributed by atoms with van der Waals surface area (Å²) in [5.74, 6) is -2.51. The maximum atomic E-state index is 10.9. The Morgan fingerprint density at radius 2 is 1.90 bits per heavy atom. The number of hydrogen-bond donors (Lipinski definition) is 3. The summed E-state index contributed by atoms with van der Waals surface area (Å²) < 4.78 is 0. The van der Waals surface area contributed by atoms with Gasteiger partial charge in [0.25, 0.3) is 5.69 Å². The number of aromatic nitrogens is 1. The van der Waals surface area contributed by atoms with Gasteiger partial charge in [-0.1, -0.05) is 6.08 Å². The van der Waals surface area contributed by atoms with E-state index in [2.05, 4.69) is 29.8 Å². The first-order valence-corrected chi connectivity index (χ1v) is 9.02. The molecule has 0 spiro atoms. The molecule has 1 aliphatic rings. The van der Waals surface area contributed by atoms with Gasteiger partial charge in [0.1, 0.15) is 0 Å². The summed E-state index contributed by atoms with van der Waals surface area (Å²) in [4.78, 5) is 35.3. The van der Waals surface area contributed by atoms with Gasteiger partial charge in [0.2, 0.25) is 0 Å². The minimum absolute atomic E-state index is 0.142. The van der Waals surface area contributed by atoms with Crippen LogP contribution in [0, 0.1) is 10.1 Å². The van der Waals surface area contributed by atoms with E-state index in [1.807, 2.05) is 6.20 Å². The van der Waals surface area contributed by atoms with E-state index in [-0.39, 0.29) is 10.6 Å². The van der Waals surface area contributed by atoms with E-state index in [0.29, 0.717) is 18.2 Å². The van der Waals surface area contributed by atoms with Crippen LogP contribution in [0.5, 0.6) is 0 Å². The van der Waals surface area contributed by atoms with Gasteiger partial charge in [-0.15, -0.1) is 0 Å². The molecule has 0 radical (unpaired) electrons. The van der Waals surface area contributed by atoms with Crippen LogP contribution in [0.25, 0.3) is 16.5 Å². The minimum Gasteiger partial charge on any atom is -0.478 e. The maximum Gasteiger partial charge on any atom is 0.328 e. The average molecular weight is 401 g/mol. The second-order valence-electron chi connectivity index (χ2n) is 6.77. The van der Waals surface area contributed by atoms with Crippen molar-refractivity contribution in [3.05, 3.63) is 58.3 Å². The van der Waals surface area contributed by atoms with Crippen LogP contribution in [0.4, 0.5) is 5.69 Å². The van der Waals surface area contributed by atoms with Gasteiger partial charge >= 0.3 is 11.9 Å². The molecule has 3 rings (SSSR count). The molecule has 9 heteroatoms. The number of H-pyrrole nitrogens is 1. The number of carboxylic acid groups (broad SMARTS) is 2. The van der Waals surface area contributed by atoms with Crippen molar-refractivity contribution in [3.8, 4) is 0 Å². The van der Waals surface area contributed by atoms with Crippen molar-refractivity contribution in [1.29, 1.82) is 0 Å². The molecule has 0 atom stereocenters. The normalized spacial score (nSPS) is 14.5. The van der Waals surface area contributed by atoms with E-state index in [9.17, 15) is 19.7 Å². The second-order valence-corrected chi connectivity index (χ2v) is 6.77. The number of rotatable bonds is 5. The number of nitrogens with one attached hydrogen (secondary N) is 1. The van der Waals surface area contributed by atoms with Crippen LogP contribution < -0.4 is 0 Å². The Labute approximate surface area is 167 Å². The smallest absolute Gasteiger partial charge is 0.328 e. The van der Waals surface area contributed by atoms with Crippen LogP contribution in [0.3, 0.4) is 0 Å². The number of non-ortho nitro benzene ring substituents is 1. The van der Waals surface area contributed by atoms with E-state index in [1.165, 1.54) is 5.57 Å². The lowest BCUT2D eigenvalue weighted by Crippen LogP contribution is -2.34. The molecule has 9 nitrogen and oxygen atoms in total. The molecule has 1 aromatic carbocycles. The zero-order valence-electron chi connectivity index (χ0n) is 16.2. The predicted octanol–water partition coefficient (Wildman–Crippen LogP) is 3.29. The number of aliphatic carboxylic acids is 2. The van der Waals surface area contributed by atoms with Crippen molar-refractivity contribution >= 4 is 34.1 Å². The number of aromatic amines is 1. The van der Waals surface area contributed by atoms with Crippen LogP contribution in [0.1, 0.15) is 25.8 Å². The zero-order chi connectivity index (χ0) is 21.6. The molecule has 0 fully saturated rings. The zero-order valence-corrected chi connectivity index (χ0v) is 16.2. The van der Waals surface area contributed by atoms with Gasteiger partial charge in [-0.05, 0) is 31.9 Å². The molecule has 2 aromatic rings. The fourth-order valence-electron chi connectivity index (χ4n) is 3.03. The van der Waals surface area contributed by atoms with Gasteiger partial charge in [0.05, 0.1) is 4.92 Å². The molecule has 0 aliphatic carbocycles. The quantitative estimate of drug-likeness (QED) is 0.397. The molecule has 0 saturated carbocycles. The number of fused-ring (bicyclic) bond motifs is 1. The van der Waals surface area contributed by atoms with E-state index in [4.69, 9.17) is 10.2 Å². The summed E-state index contributed by atoms with van der Waals surface area (Å²) in [6.07, 6.45) is 6.30. The highest BCUT2D eigenvalue weighted by atomic mass is 16.6. The predicted molar refractivity (Wildman–Crippen MR) is 109 cm³/mol. The van der Waals surface area contributed by atoms with Crippen LogP contribution in [0.2, 0.25) is 0 Å². The minimum atomic E-state index is -1.26. The van der Waals surface area contributed by atoms with E-state index in [0.717, 1.165) is 36.0 Å². The highest BCUT2D eigenvalue weighted by Gasteiger charge is 2.18. The number of nitro groups is 1. The summed E-state index contributed by atoms with van der Waals surface area (Å²) in [5, 5.41) is 27.5. The van der Waals surface area contributed by atoms with Crippen molar-refractivity contribution in [1.82, 2.24) is 9.88 Å². The molecule has 2 heterocycles. The lowest BCUT2D eigenvalue weighted by molar-refractivity contribution is -0.384. The van der Waals surface area contributed by atoms with Gasteiger partial charge in [-0.2, -0.15) is 0 Å². The van der Waals surface area contributed by atoms with Crippen LogP contribution >= 0.6 is 0 Å². The fraction of sp³-hybridized carbons (Fsp3) is 0.300. The van der Waals surface area contributed by atoms with Gasteiger partial charge in [0.15, 0.2) is 0 Å². The van der Waals surface area contributed by atoms with Crippen LogP contribution in [0.15, 0.2) is 42.6 Å². The number of hydrogen-bond acceptors (Lipinski definition) is 5. The van der Waals surface area contributed by atoms with Crippen molar-refractivity contribution in [2.24, 2.45) is 0 Å². The first-order chi connectivity index (χ1) is 13.7. The third kappa shape index (κ3) is 6.01.